The van der Waals surface area contributed by atoms with Crippen LogP contribution in [-0.4, -0.2) is 21.3 Å². The smallest absolute Gasteiger partial charge is 0.224 e. The molecule has 0 atom stereocenters. The number of hydrogen-bond donors (Lipinski definition) is 1. The van der Waals surface area contributed by atoms with Crippen molar-refractivity contribution in [3.63, 3.8) is 0 Å². The van der Waals surface area contributed by atoms with Gasteiger partial charge in [0.2, 0.25) is 5.95 Å². The minimum atomic E-state index is 0.845. The topological polar surface area (TPSA) is 42.7 Å². The van der Waals surface area contributed by atoms with E-state index >= 15 is 0 Å². The summed E-state index contributed by atoms with van der Waals surface area (Å²) in [5.41, 5.74) is 3.66. The minimum absolute atomic E-state index is 0.845. The summed E-state index contributed by atoms with van der Waals surface area (Å²) >= 11 is 0. The fraction of sp³-hybridized carbons (Fsp3) is 0.429. The first-order chi connectivity index (χ1) is 8.69. The summed E-state index contributed by atoms with van der Waals surface area (Å²) in [6, 6.07) is 6.31. The van der Waals surface area contributed by atoms with E-state index in [-0.39, 0.29) is 0 Å². The van der Waals surface area contributed by atoms with Crippen LogP contribution < -0.4 is 5.32 Å². The van der Waals surface area contributed by atoms with Crippen LogP contribution in [0.15, 0.2) is 18.2 Å². The SMILES string of the molecule is CCNc1nnc(-c2c(C)cccc2C)n1CC. The Hall–Kier alpha value is -1.84. The average molecular weight is 244 g/mol. The highest BCUT2D eigenvalue weighted by molar-refractivity contribution is 5.65. The quantitative estimate of drug-likeness (QED) is 0.899. The summed E-state index contributed by atoms with van der Waals surface area (Å²) < 4.78 is 2.12. The Morgan fingerprint density at radius 2 is 1.78 bits per heavy atom. The van der Waals surface area contributed by atoms with Crippen LogP contribution >= 0.6 is 0 Å². The summed E-state index contributed by atoms with van der Waals surface area (Å²) in [4.78, 5) is 0. The Balaban J connectivity index is 2.57. The molecule has 1 aromatic heterocycles. The van der Waals surface area contributed by atoms with Gasteiger partial charge in [-0.25, -0.2) is 0 Å². The lowest BCUT2D eigenvalue weighted by Crippen LogP contribution is -2.07. The van der Waals surface area contributed by atoms with Crippen molar-refractivity contribution >= 4 is 5.95 Å². The molecule has 0 unspecified atom stereocenters. The standard InChI is InChI=1S/C14H20N4/c1-5-15-14-17-16-13(18(14)6-2)12-10(3)8-7-9-11(12)4/h7-9H,5-6H2,1-4H3,(H,15,17). The van der Waals surface area contributed by atoms with Crippen molar-refractivity contribution in [3.05, 3.63) is 29.3 Å². The third kappa shape index (κ3) is 2.10. The molecule has 0 aliphatic rings. The van der Waals surface area contributed by atoms with Gasteiger partial charge in [0.25, 0.3) is 0 Å². The lowest BCUT2D eigenvalue weighted by molar-refractivity contribution is 0.769. The number of aromatic nitrogens is 3. The van der Waals surface area contributed by atoms with Crippen LogP contribution in [0.3, 0.4) is 0 Å². The minimum Gasteiger partial charge on any atom is -0.355 e. The van der Waals surface area contributed by atoms with Gasteiger partial charge >= 0.3 is 0 Å². The summed E-state index contributed by atoms with van der Waals surface area (Å²) in [6.07, 6.45) is 0. The number of rotatable bonds is 4. The maximum atomic E-state index is 4.35. The van der Waals surface area contributed by atoms with E-state index < -0.39 is 0 Å². The van der Waals surface area contributed by atoms with Gasteiger partial charge in [-0.2, -0.15) is 0 Å². The van der Waals surface area contributed by atoms with E-state index in [2.05, 4.69) is 66.0 Å². The van der Waals surface area contributed by atoms with Gasteiger partial charge in [-0.05, 0) is 38.8 Å². The Morgan fingerprint density at radius 3 is 2.33 bits per heavy atom. The first-order valence-corrected chi connectivity index (χ1v) is 6.42. The van der Waals surface area contributed by atoms with Crippen molar-refractivity contribution in [3.8, 4) is 11.4 Å². The van der Waals surface area contributed by atoms with Gasteiger partial charge in [0.1, 0.15) is 0 Å². The molecule has 0 radical (unpaired) electrons. The fourth-order valence-electron chi connectivity index (χ4n) is 2.24. The van der Waals surface area contributed by atoms with Gasteiger partial charge in [0.05, 0.1) is 0 Å². The van der Waals surface area contributed by atoms with Crippen LogP contribution in [0.25, 0.3) is 11.4 Å². The van der Waals surface area contributed by atoms with Crippen molar-refractivity contribution in [2.24, 2.45) is 0 Å². The molecule has 0 saturated heterocycles. The first kappa shape index (κ1) is 12.6. The molecule has 0 fully saturated rings. The molecule has 1 N–H and O–H groups in total. The largest absolute Gasteiger partial charge is 0.355 e. The molecule has 96 valence electrons. The predicted molar refractivity (Wildman–Crippen MR) is 74.8 cm³/mol. The molecule has 18 heavy (non-hydrogen) atoms. The molecule has 0 amide bonds. The van der Waals surface area contributed by atoms with Gasteiger partial charge in [-0.15, -0.1) is 10.2 Å². The number of anilines is 1. The molecular weight excluding hydrogens is 224 g/mol. The third-order valence-corrected chi connectivity index (χ3v) is 3.11. The summed E-state index contributed by atoms with van der Waals surface area (Å²) in [7, 11) is 0. The monoisotopic (exact) mass is 244 g/mol. The number of hydrogen-bond acceptors (Lipinski definition) is 3. The van der Waals surface area contributed by atoms with Crippen molar-refractivity contribution in [2.75, 3.05) is 11.9 Å². The van der Waals surface area contributed by atoms with E-state index in [0.29, 0.717) is 0 Å². The van der Waals surface area contributed by atoms with Crippen molar-refractivity contribution in [1.82, 2.24) is 14.8 Å². The van der Waals surface area contributed by atoms with Gasteiger partial charge in [0, 0.05) is 18.7 Å². The molecular formula is C14H20N4. The van der Waals surface area contributed by atoms with E-state index in [9.17, 15) is 0 Å². The van der Waals surface area contributed by atoms with E-state index in [1.54, 1.807) is 0 Å². The zero-order valence-corrected chi connectivity index (χ0v) is 11.5. The molecule has 4 nitrogen and oxygen atoms in total. The van der Waals surface area contributed by atoms with Crippen molar-refractivity contribution in [2.45, 2.75) is 34.2 Å². The highest BCUT2D eigenvalue weighted by atomic mass is 15.3. The summed E-state index contributed by atoms with van der Waals surface area (Å²) in [5.74, 6) is 1.79. The Bertz CT molecular complexity index is 522. The Morgan fingerprint density at radius 1 is 1.11 bits per heavy atom. The second-order valence-electron chi connectivity index (χ2n) is 4.39. The van der Waals surface area contributed by atoms with Crippen LogP contribution in [0.2, 0.25) is 0 Å². The Kier molecular flexibility index (Phi) is 3.65. The highest BCUT2D eigenvalue weighted by Gasteiger charge is 2.15. The second-order valence-corrected chi connectivity index (χ2v) is 4.39. The van der Waals surface area contributed by atoms with Gasteiger partial charge < -0.3 is 5.32 Å². The molecule has 0 aliphatic heterocycles. The molecule has 0 saturated carbocycles. The van der Waals surface area contributed by atoms with Crippen molar-refractivity contribution < 1.29 is 0 Å². The number of benzene rings is 1. The van der Waals surface area contributed by atoms with Gasteiger partial charge in [0.15, 0.2) is 5.82 Å². The van der Waals surface area contributed by atoms with E-state index in [0.717, 1.165) is 24.9 Å². The van der Waals surface area contributed by atoms with Crippen LogP contribution in [0.4, 0.5) is 5.95 Å². The van der Waals surface area contributed by atoms with Crippen molar-refractivity contribution in [1.29, 1.82) is 0 Å². The van der Waals surface area contributed by atoms with Gasteiger partial charge in [-0.3, -0.25) is 4.57 Å². The first-order valence-electron chi connectivity index (χ1n) is 6.42. The zero-order valence-electron chi connectivity index (χ0n) is 11.5. The maximum Gasteiger partial charge on any atom is 0.224 e. The van der Waals surface area contributed by atoms with Gasteiger partial charge in [-0.1, -0.05) is 18.2 Å². The lowest BCUT2D eigenvalue weighted by atomic mass is 10.0. The summed E-state index contributed by atoms with van der Waals surface area (Å²) in [5, 5.41) is 11.8. The molecule has 2 rings (SSSR count). The van der Waals surface area contributed by atoms with Crippen LogP contribution in [0.5, 0.6) is 0 Å². The maximum absolute atomic E-state index is 4.35. The molecule has 2 aromatic rings. The van der Waals surface area contributed by atoms with E-state index in [4.69, 9.17) is 0 Å². The molecule has 0 bridgehead atoms. The predicted octanol–water partition coefficient (Wildman–Crippen LogP) is 3.01. The zero-order chi connectivity index (χ0) is 13.1. The highest BCUT2D eigenvalue weighted by Crippen LogP contribution is 2.27. The third-order valence-electron chi connectivity index (χ3n) is 3.11. The molecule has 0 spiro atoms. The fourth-order valence-corrected chi connectivity index (χ4v) is 2.24. The number of nitrogens with zero attached hydrogens (tertiary/aromatic N) is 3. The Labute approximate surface area is 108 Å². The summed E-state index contributed by atoms with van der Waals surface area (Å²) in [6.45, 7) is 10.1. The molecule has 4 heteroatoms. The molecule has 1 aromatic carbocycles. The van der Waals surface area contributed by atoms with Crippen LogP contribution in [0, 0.1) is 13.8 Å². The molecule has 0 aliphatic carbocycles. The lowest BCUT2D eigenvalue weighted by Gasteiger charge is -2.11. The second kappa shape index (κ2) is 5.21. The van der Waals surface area contributed by atoms with Crippen LogP contribution in [0.1, 0.15) is 25.0 Å². The number of aryl methyl sites for hydroxylation is 2. The normalized spacial score (nSPS) is 10.7. The van der Waals surface area contributed by atoms with E-state index in [1.165, 1.54) is 16.7 Å². The van der Waals surface area contributed by atoms with E-state index in [1.807, 2.05) is 0 Å². The average Bonchev–Trinajstić information content (AvgIpc) is 2.72. The number of nitrogens with one attached hydrogen (secondary N) is 1. The van der Waals surface area contributed by atoms with Crippen LogP contribution in [-0.2, 0) is 6.54 Å². The molecule has 1 heterocycles.